The fourth-order valence-corrected chi connectivity index (χ4v) is 3.69. The third-order valence-electron chi connectivity index (χ3n) is 3.15. The van der Waals surface area contributed by atoms with E-state index in [1.807, 2.05) is 18.7 Å². The highest BCUT2D eigenvalue weighted by Crippen LogP contribution is 2.39. The molecule has 2 aliphatic rings. The average Bonchev–Trinajstić information content (AvgIpc) is 2.86. The van der Waals surface area contributed by atoms with Crippen molar-refractivity contribution >= 4 is 35.8 Å². The summed E-state index contributed by atoms with van der Waals surface area (Å²) in [5.41, 5.74) is 1.28. The minimum absolute atomic E-state index is 0. The summed E-state index contributed by atoms with van der Waals surface area (Å²) < 4.78 is 0. The number of β-amino-alcohol motifs (C(OH)–C–C–N with tert-alkyl or cyclic N) is 1. The topological polar surface area (TPSA) is 23.5 Å². The fraction of sp³-hybridized carbons (Fsp3) is 0.571. The van der Waals surface area contributed by atoms with Gasteiger partial charge in [0.05, 0.1) is 11.1 Å². The summed E-state index contributed by atoms with van der Waals surface area (Å²) >= 11 is 7.73. The lowest BCUT2D eigenvalue weighted by molar-refractivity contribution is 0.141. The SMILES string of the molecule is CC(O)CN1CCCC1.Cl.Clc1c2cccc1SC2. The van der Waals surface area contributed by atoms with Crippen molar-refractivity contribution in [2.45, 2.75) is 36.5 Å². The Hall–Kier alpha value is 0.0700. The minimum atomic E-state index is -0.150. The van der Waals surface area contributed by atoms with Gasteiger partial charge in [-0.15, -0.1) is 24.2 Å². The van der Waals surface area contributed by atoms with Gasteiger partial charge in [-0.05, 0) is 44.5 Å². The number of hydrogen-bond donors (Lipinski definition) is 1. The van der Waals surface area contributed by atoms with Crippen molar-refractivity contribution in [3.05, 3.63) is 28.8 Å². The zero-order valence-electron chi connectivity index (χ0n) is 11.1. The van der Waals surface area contributed by atoms with Gasteiger partial charge in [-0.25, -0.2) is 0 Å². The number of thioether (sulfide) groups is 1. The van der Waals surface area contributed by atoms with E-state index in [0.717, 1.165) is 17.3 Å². The molecule has 2 heterocycles. The molecular formula is C14H21Cl2NOS. The molecule has 0 aliphatic carbocycles. The van der Waals surface area contributed by atoms with E-state index >= 15 is 0 Å². The van der Waals surface area contributed by atoms with Gasteiger partial charge < -0.3 is 10.0 Å². The molecule has 0 amide bonds. The first-order chi connectivity index (χ1) is 8.66. The third-order valence-corrected chi connectivity index (χ3v) is 4.81. The number of fused-ring (bicyclic) bond motifs is 2. The van der Waals surface area contributed by atoms with Gasteiger partial charge in [0, 0.05) is 17.2 Å². The number of benzene rings is 1. The highest BCUT2D eigenvalue weighted by atomic mass is 35.5. The molecule has 1 aromatic rings. The molecule has 2 bridgehead atoms. The molecule has 2 nitrogen and oxygen atoms in total. The minimum Gasteiger partial charge on any atom is -0.392 e. The van der Waals surface area contributed by atoms with Gasteiger partial charge in [0.1, 0.15) is 0 Å². The molecule has 1 unspecified atom stereocenters. The van der Waals surface area contributed by atoms with Crippen molar-refractivity contribution in [3.8, 4) is 0 Å². The van der Waals surface area contributed by atoms with Gasteiger partial charge in [0.25, 0.3) is 0 Å². The van der Waals surface area contributed by atoms with Crippen LogP contribution in [-0.2, 0) is 5.75 Å². The van der Waals surface area contributed by atoms with Crippen LogP contribution in [0.2, 0.25) is 5.02 Å². The maximum Gasteiger partial charge on any atom is 0.0639 e. The number of aliphatic hydroxyl groups is 1. The molecule has 108 valence electrons. The summed E-state index contributed by atoms with van der Waals surface area (Å²) in [5, 5.41) is 9.93. The van der Waals surface area contributed by atoms with Crippen LogP contribution in [0.1, 0.15) is 25.3 Å². The molecule has 0 aromatic heterocycles. The Balaban J connectivity index is 0.000000180. The highest BCUT2D eigenvalue weighted by Gasteiger charge is 2.13. The molecule has 19 heavy (non-hydrogen) atoms. The Kier molecular flexibility index (Phi) is 7.55. The normalized spacial score (nSPS) is 18.5. The number of aliphatic hydroxyl groups excluding tert-OH is 1. The summed E-state index contributed by atoms with van der Waals surface area (Å²) in [6, 6.07) is 6.19. The van der Waals surface area contributed by atoms with E-state index in [0.29, 0.717) is 0 Å². The summed E-state index contributed by atoms with van der Waals surface area (Å²) in [6.45, 7) is 5.08. The lowest BCUT2D eigenvalue weighted by Crippen LogP contribution is -2.27. The van der Waals surface area contributed by atoms with Crippen LogP contribution in [0, 0.1) is 0 Å². The zero-order chi connectivity index (χ0) is 13.0. The second kappa shape index (κ2) is 8.38. The van der Waals surface area contributed by atoms with Crippen molar-refractivity contribution in [3.63, 3.8) is 0 Å². The monoisotopic (exact) mass is 321 g/mol. The second-order valence-electron chi connectivity index (χ2n) is 4.87. The first-order valence-electron chi connectivity index (χ1n) is 6.47. The first-order valence-corrected chi connectivity index (χ1v) is 7.84. The Labute approximate surface area is 130 Å². The Morgan fingerprint density at radius 3 is 2.58 bits per heavy atom. The lowest BCUT2D eigenvalue weighted by atomic mass is 10.2. The van der Waals surface area contributed by atoms with Crippen LogP contribution in [0.4, 0.5) is 0 Å². The van der Waals surface area contributed by atoms with Gasteiger partial charge in [0.2, 0.25) is 0 Å². The molecule has 0 saturated carbocycles. The van der Waals surface area contributed by atoms with Crippen LogP contribution in [0.3, 0.4) is 0 Å². The van der Waals surface area contributed by atoms with Crippen molar-refractivity contribution in [2.75, 3.05) is 19.6 Å². The third kappa shape index (κ3) is 5.16. The largest absolute Gasteiger partial charge is 0.392 e. The number of likely N-dealkylation sites (tertiary alicyclic amines) is 1. The van der Waals surface area contributed by atoms with Crippen LogP contribution in [0.15, 0.2) is 23.1 Å². The van der Waals surface area contributed by atoms with Gasteiger partial charge in [0.15, 0.2) is 0 Å². The summed E-state index contributed by atoms with van der Waals surface area (Å²) in [5.74, 6) is 1.06. The highest BCUT2D eigenvalue weighted by molar-refractivity contribution is 7.99. The average molecular weight is 322 g/mol. The lowest BCUT2D eigenvalue weighted by Gasteiger charge is -2.15. The van der Waals surface area contributed by atoms with Crippen LogP contribution < -0.4 is 0 Å². The number of nitrogens with zero attached hydrogens (tertiary/aromatic N) is 1. The molecule has 1 saturated heterocycles. The van der Waals surface area contributed by atoms with Gasteiger partial charge in [-0.2, -0.15) is 0 Å². The molecule has 5 heteroatoms. The van der Waals surface area contributed by atoms with E-state index in [9.17, 15) is 0 Å². The Morgan fingerprint density at radius 1 is 1.37 bits per heavy atom. The van der Waals surface area contributed by atoms with E-state index in [1.54, 1.807) is 0 Å². The first kappa shape index (κ1) is 17.1. The molecular weight excluding hydrogens is 301 g/mol. The van der Waals surface area contributed by atoms with E-state index in [-0.39, 0.29) is 18.5 Å². The van der Waals surface area contributed by atoms with E-state index < -0.39 is 0 Å². The van der Waals surface area contributed by atoms with Crippen molar-refractivity contribution in [1.82, 2.24) is 4.90 Å². The van der Waals surface area contributed by atoms with Crippen molar-refractivity contribution in [2.24, 2.45) is 0 Å². The summed E-state index contributed by atoms with van der Waals surface area (Å²) in [7, 11) is 0. The van der Waals surface area contributed by atoms with Crippen molar-refractivity contribution < 1.29 is 5.11 Å². The molecule has 1 fully saturated rings. The quantitative estimate of drug-likeness (QED) is 0.895. The molecule has 1 aromatic carbocycles. The molecule has 2 aliphatic heterocycles. The Bertz CT molecular complexity index is 373. The van der Waals surface area contributed by atoms with Crippen molar-refractivity contribution in [1.29, 1.82) is 0 Å². The summed E-state index contributed by atoms with van der Waals surface area (Å²) in [4.78, 5) is 3.54. The van der Waals surface area contributed by atoms with E-state index in [4.69, 9.17) is 16.7 Å². The zero-order valence-corrected chi connectivity index (χ0v) is 13.5. The van der Waals surface area contributed by atoms with Crippen LogP contribution >= 0.6 is 35.8 Å². The molecule has 0 spiro atoms. The maximum atomic E-state index is 8.97. The Morgan fingerprint density at radius 2 is 2.05 bits per heavy atom. The fourth-order valence-electron chi connectivity index (χ4n) is 2.27. The predicted molar refractivity (Wildman–Crippen MR) is 85.6 cm³/mol. The standard InChI is InChI=1S/C7H5ClS.C7H15NO.ClH/c8-7-5-2-1-3-6(7)9-4-5;1-7(9)6-8-4-2-3-5-8;/h1-3H,4H2;7,9H,2-6H2,1H3;1H. The van der Waals surface area contributed by atoms with E-state index in [2.05, 4.69) is 23.1 Å². The number of hydrogen-bond acceptors (Lipinski definition) is 3. The predicted octanol–water partition coefficient (Wildman–Crippen LogP) is 3.83. The number of rotatable bonds is 2. The van der Waals surface area contributed by atoms with Crippen LogP contribution in [0.25, 0.3) is 0 Å². The van der Waals surface area contributed by atoms with Crippen LogP contribution in [-0.4, -0.2) is 35.7 Å². The smallest absolute Gasteiger partial charge is 0.0639 e. The molecule has 1 N–H and O–H groups in total. The van der Waals surface area contributed by atoms with Gasteiger partial charge >= 0.3 is 0 Å². The van der Waals surface area contributed by atoms with Gasteiger partial charge in [-0.3, -0.25) is 0 Å². The second-order valence-corrected chi connectivity index (χ2v) is 6.27. The molecule has 1 atom stereocenters. The van der Waals surface area contributed by atoms with Crippen LogP contribution in [0.5, 0.6) is 0 Å². The van der Waals surface area contributed by atoms with E-state index in [1.165, 1.54) is 36.4 Å². The molecule has 0 radical (unpaired) electrons. The van der Waals surface area contributed by atoms with Gasteiger partial charge in [-0.1, -0.05) is 23.7 Å². The number of halogens is 2. The maximum absolute atomic E-state index is 8.97. The summed E-state index contributed by atoms with van der Waals surface area (Å²) in [6.07, 6.45) is 2.47. The molecule has 3 rings (SSSR count).